The monoisotopic (exact) mass is 355 g/mol. The molecule has 0 aliphatic carbocycles. The van der Waals surface area contributed by atoms with Gasteiger partial charge in [-0.1, -0.05) is 23.9 Å². The van der Waals surface area contributed by atoms with E-state index in [1.807, 2.05) is 12.1 Å². The Morgan fingerprint density at radius 2 is 1.92 bits per heavy atom. The molecule has 0 fully saturated rings. The van der Waals surface area contributed by atoms with Gasteiger partial charge in [-0.15, -0.1) is 5.10 Å². The number of aromatic nitrogens is 3. The van der Waals surface area contributed by atoms with Crippen LogP contribution >= 0.6 is 11.8 Å². The van der Waals surface area contributed by atoms with Gasteiger partial charge in [0.05, 0.1) is 11.2 Å². The maximum absolute atomic E-state index is 12.1. The Labute approximate surface area is 146 Å². The number of hydrogen-bond acceptors (Lipinski definition) is 7. The third-order valence-corrected chi connectivity index (χ3v) is 4.50. The summed E-state index contributed by atoms with van der Waals surface area (Å²) in [4.78, 5) is 40.7. The van der Waals surface area contributed by atoms with E-state index in [1.54, 1.807) is 12.1 Å². The van der Waals surface area contributed by atoms with Crippen LogP contribution in [-0.4, -0.2) is 32.5 Å². The molecule has 3 rings (SSSR count). The highest BCUT2D eigenvalue weighted by molar-refractivity contribution is 7.99. The fraction of sp³-hybridized carbons (Fsp3) is 0.118. The minimum atomic E-state index is -0.746. The lowest BCUT2D eigenvalue weighted by Gasteiger charge is -2.03. The zero-order chi connectivity index (χ0) is 17.8. The number of aromatic amines is 1. The van der Waals surface area contributed by atoms with Crippen molar-refractivity contribution in [2.24, 2.45) is 0 Å². The van der Waals surface area contributed by atoms with Gasteiger partial charge in [-0.05, 0) is 19.1 Å². The van der Waals surface area contributed by atoms with Gasteiger partial charge in [-0.25, -0.2) is 4.98 Å². The van der Waals surface area contributed by atoms with Crippen molar-refractivity contribution in [3.63, 3.8) is 0 Å². The van der Waals surface area contributed by atoms with E-state index >= 15 is 0 Å². The Balaban J connectivity index is 1.71. The molecule has 2 heterocycles. The Bertz CT molecular complexity index is 914. The number of ketones is 3. The van der Waals surface area contributed by atoms with Crippen LogP contribution < -0.4 is 0 Å². The van der Waals surface area contributed by atoms with Crippen LogP contribution in [0.15, 0.2) is 57.3 Å². The van der Waals surface area contributed by atoms with Crippen molar-refractivity contribution in [3.8, 4) is 0 Å². The second-order valence-electron chi connectivity index (χ2n) is 5.20. The summed E-state index contributed by atoms with van der Waals surface area (Å²) in [7, 11) is 0. The third kappa shape index (κ3) is 3.92. The van der Waals surface area contributed by atoms with Crippen molar-refractivity contribution < 1.29 is 18.8 Å². The van der Waals surface area contributed by atoms with Gasteiger partial charge in [-0.3, -0.25) is 19.5 Å². The number of carbonyl (C=O) groups excluding carboxylic acids is 3. The molecule has 0 spiro atoms. The molecule has 8 heteroatoms. The quantitative estimate of drug-likeness (QED) is 0.513. The fourth-order valence-corrected chi connectivity index (χ4v) is 2.99. The largest absolute Gasteiger partial charge is 0.471 e. The fourth-order valence-electron chi connectivity index (χ4n) is 2.11. The summed E-state index contributed by atoms with van der Waals surface area (Å²) in [5, 5.41) is 6.02. The second kappa shape index (κ2) is 7.27. The molecule has 2 aromatic heterocycles. The summed E-state index contributed by atoms with van der Waals surface area (Å²) >= 11 is 1.39. The summed E-state index contributed by atoms with van der Waals surface area (Å²) in [6.45, 7) is 1.51. The van der Waals surface area contributed by atoms with Crippen molar-refractivity contribution in [1.82, 2.24) is 15.2 Å². The normalized spacial score (nSPS) is 10.6. The third-order valence-electron chi connectivity index (χ3n) is 3.41. The SMILES string of the molecule is CC(=O)c1ccc(Sc2cocc2CC(=O)C(=O)c2nc[nH]n2)cc1. The van der Waals surface area contributed by atoms with Crippen LogP contribution in [0.2, 0.25) is 0 Å². The van der Waals surface area contributed by atoms with Gasteiger partial charge in [0.25, 0.3) is 5.78 Å². The van der Waals surface area contributed by atoms with E-state index in [0.717, 1.165) is 9.79 Å². The first-order chi connectivity index (χ1) is 12.0. The van der Waals surface area contributed by atoms with Crippen LogP contribution in [0.4, 0.5) is 0 Å². The highest BCUT2D eigenvalue weighted by Gasteiger charge is 2.22. The van der Waals surface area contributed by atoms with Crippen LogP contribution in [-0.2, 0) is 11.2 Å². The van der Waals surface area contributed by atoms with Gasteiger partial charge in [0.1, 0.15) is 12.6 Å². The van der Waals surface area contributed by atoms with Crippen LogP contribution in [0.3, 0.4) is 0 Å². The summed E-state index contributed by atoms with van der Waals surface area (Å²) in [6, 6.07) is 7.11. The molecule has 0 aliphatic heterocycles. The lowest BCUT2D eigenvalue weighted by Crippen LogP contribution is -2.18. The smallest absolute Gasteiger partial charge is 0.267 e. The molecule has 0 saturated carbocycles. The standard InChI is InChI=1S/C17H13N3O4S/c1-10(21)11-2-4-13(5-3-11)25-15-8-24-7-12(15)6-14(22)16(23)17-18-9-19-20-17/h2-5,7-9H,6H2,1H3,(H,18,19,20). The molecule has 0 atom stereocenters. The predicted molar refractivity (Wildman–Crippen MR) is 88.7 cm³/mol. The first kappa shape index (κ1) is 16.8. The lowest BCUT2D eigenvalue weighted by atomic mass is 10.1. The molecule has 25 heavy (non-hydrogen) atoms. The highest BCUT2D eigenvalue weighted by Crippen LogP contribution is 2.32. The van der Waals surface area contributed by atoms with E-state index < -0.39 is 11.6 Å². The molecule has 0 saturated heterocycles. The van der Waals surface area contributed by atoms with Gasteiger partial charge >= 0.3 is 0 Å². The highest BCUT2D eigenvalue weighted by atomic mass is 32.2. The Morgan fingerprint density at radius 1 is 1.16 bits per heavy atom. The molecule has 0 unspecified atom stereocenters. The molecule has 7 nitrogen and oxygen atoms in total. The van der Waals surface area contributed by atoms with E-state index in [0.29, 0.717) is 11.1 Å². The van der Waals surface area contributed by atoms with Gasteiger partial charge in [-0.2, -0.15) is 0 Å². The predicted octanol–water partition coefficient (Wildman–Crippen LogP) is 2.75. The molecule has 0 radical (unpaired) electrons. The lowest BCUT2D eigenvalue weighted by molar-refractivity contribution is -0.114. The summed E-state index contributed by atoms with van der Waals surface area (Å²) in [6.07, 6.45) is 4.10. The van der Waals surface area contributed by atoms with E-state index in [1.165, 1.54) is 37.5 Å². The minimum Gasteiger partial charge on any atom is -0.471 e. The van der Waals surface area contributed by atoms with Gasteiger partial charge < -0.3 is 4.42 Å². The number of benzene rings is 1. The molecule has 126 valence electrons. The number of nitrogens with zero attached hydrogens (tertiary/aromatic N) is 2. The van der Waals surface area contributed by atoms with Gasteiger partial charge in [0, 0.05) is 22.4 Å². The molecular formula is C17H13N3O4S. The van der Waals surface area contributed by atoms with E-state index in [2.05, 4.69) is 15.2 Å². The summed E-state index contributed by atoms with van der Waals surface area (Å²) < 4.78 is 5.18. The molecule has 3 aromatic rings. The molecule has 1 N–H and O–H groups in total. The second-order valence-corrected chi connectivity index (χ2v) is 6.31. The number of rotatable bonds is 7. The number of nitrogens with one attached hydrogen (secondary N) is 1. The maximum atomic E-state index is 12.1. The number of Topliss-reactive ketones (excluding diaryl/α,β-unsaturated/α-hetero) is 3. The first-order valence-electron chi connectivity index (χ1n) is 7.32. The van der Waals surface area contributed by atoms with Gasteiger partial charge in [0.15, 0.2) is 5.78 Å². The number of H-pyrrole nitrogens is 1. The maximum Gasteiger partial charge on any atom is 0.267 e. The molecule has 1 aromatic carbocycles. The van der Waals surface area contributed by atoms with Crippen molar-refractivity contribution in [1.29, 1.82) is 0 Å². The zero-order valence-corrected chi connectivity index (χ0v) is 14.0. The summed E-state index contributed by atoms with van der Waals surface area (Å²) in [5.41, 5.74) is 1.23. The van der Waals surface area contributed by atoms with E-state index in [9.17, 15) is 14.4 Å². The topological polar surface area (TPSA) is 106 Å². The molecule has 0 amide bonds. The molecular weight excluding hydrogens is 342 g/mol. The Morgan fingerprint density at radius 3 is 2.56 bits per heavy atom. The number of hydrogen-bond donors (Lipinski definition) is 1. The molecule has 0 aliphatic rings. The Hall–Kier alpha value is -3.00. The van der Waals surface area contributed by atoms with Crippen LogP contribution in [0.25, 0.3) is 0 Å². The van der Waals surface area contributed by atoms with E-state index in [-0.39, 0.29) is 18.0 Å². The van der Waals surface area contributed by atoms with Crippen LogP contribution in [0, 0.1) is 0 Å². The van der Waals surface area contributed by atoms with Crippen LogP contribution in [0.5, 0.6) is 0 Å². The molecule has 0 bridgehead atoms. The number of carbonyl (C=O) groups is 3. The van der Waals surface area contributed by atoms with Crippen LogP contribution in [0.1, 0.15) is 33.5 Å². The number of furan rings is 1. The zero-order valence-electron chi connectivity index (χ0n) is 13.2. The van der Waals surface area contributed by atoms with Crippen molar-refractivity contribution >= 4 is 29.1 Å². The minimum absolute atomic E-state index is 0.00312. The van der Waals surface area contributed by atoms with E-state index in [4.69, 9.17) is 4.42 Å². The summed E-state index contributed by atoms with van der Waals surface area (Å²) in [5.74, 6) is -1.52. The van der Waals surface area contributed by atoms with Gasteiger partial charge in [0.2, 0.25) is 11.6 Å². The van der Waals surface area contributed by atoms with Crippen molar-refractivity contribution in [2.75, 3.05) is 0 Å². The van der Waals surface area contributed by atoms with Crippen molar-refractivity contribution in [3.05, 3.63) is 60.1 Å². The Kier molecular flexibility index (Phi) is 4.90. The van der Waals surface area contributed by atoms with Crippen molar-refractivity contribution in [2.45, 2.75) is 23.1 Å². The first-order valence-corrected chi connectivity index (χ1v) is 8.13. The average molecular weight is 355 g/mol. The average Bonchev–Trinajstić information content (AvgIpc) is 3.27.